The number of β-amino-alcohol motifs (C(OH)–C–C–N with tert-alkyl or cyclic N) is 1. The zero-order chi connectivity index (χ0) is 25.1. The summed E-state index contributed by atoms with van der Waals surface area (Å²) in [6, 6.07) is 7.63. The zero-order valence-corrected chi connectivity index (χ0v) is 21.2. The summed E-state index contributed by atoms with van der Waals surface area (Å²) >= 11 is 1.50. The standard InChI is InChI=1S/C25H30N6O4S/c1-34-20-12-27-18-4-6-23(35-2)30-24(18)16(20)7-9-31-10-8-17(19(32)13-31)26-11-15-3-5-21-25(28-15)29-22(33)14-36-21/h3-6,12,17,19,26,32H,7-11,13-14H2,1-2H3,(H,28,29,33)/t17-,19-/m1/s1. The minimum absolute atomic E-state index is 0.0229. The van der Waals surface area contributed by atoms with E-state index in [1.54, 1.807) is 26.5 Å². The van der Waals surface area contributed by atoms with E-state index in [2.05, 4.69) is 30.5 Å². The van der Waals surface area contributed by atoms with Crippen molar-refractivity contribution in [1.82, 2.24) is 25.2 Å². The maximum atomic E-state index is 11.6. The normalized spacial score (nSPS) is 20.1. The van der Waals surface area contributed by atoms with Crippen LogP contribution in [-0.4, -0.2) is 82.6 Å². The molecule has 3 aromatic heterocycles. The van der Waals surface area contributed by atoms with Gasteiger partial charge in [-0.1, -0.05) is 0 Å². The van der Waals surface area contributed by atoms with Crippen LogP contribution in [0.5, 0.6) is 11.6 Å². The van der Waals surface area contributed by atoms with Crippen molar-refractivity contribution >= 4 is 34.5 Å². The number of hydrogen-bond acceptors (Lipinski definition) is 10. The molecule has 2 atom stereocenters. The van der Waals surface area contributed by atoms with E-state index in [1.807, 2.05) is 18.2 Å². The lowest BCUT2D eigenvalue weighted by atomic mass is 10.0. The molecule has 1 amide bonds. The maximum absolute atomic E-state index is 11.6. The molecule has 36 heavy (non-hydrogen) atoms. The first kappa shape index (κ1) is 24.7. The van der Waals surface area contributed by atoms with Crippen LogP contribution in [0.3, 0.4) is 0 Å². The molecule has 0 bridgehead atoms. The van der Waals surface area contributed by atoms with Crippen LogP contribution in [0.2, 0.25) is 0 Å². The van der Waals surface area contributed by atoms with Gasteiger partial charge in [-0.05, 0) is 37.6 Å². The molecule has 2 aliphatic rings. The zero-order valence-electron chi connectivity index (χ0n) is 20.4. The van der Waals surface area contributed by atoms with Gasteiger partial charge >= 0.3 is 0 Å². The number of amides is 1. The number of hydrogen-bond donors (Lipinski definition) is 3. The summed E-state index contributed by atoms with van der Waals surface area (Å²) < 4.78 is 10.9. The van der Waals surface area contributed by atoms with Crippen molar-refractivity contribution in [2.45, 2.75) is 36.4 Å². The van der Waals surface area contributed by atoms with Crippen LogP contribution in [0.15, 0.2) is 35.4 Å². The van der Waals surface area contributed by atoms with Crippen LogP contribution >= 0.6 is 11.8 Å². The first-order chi connectivity index (χ1) is 17.5. The van der Waals surface area contributed by atoms with Crippen LogP contribution in [0, 0.1) is 0 Å². The maximum Gasteiger partial charge on any atom is 0.235 e. The highest BCUT2D eigenvalue weighted by Crippen LogP contribution is 2.30. The molecule has 3 N–H and O–H groups in total. The predicted octanol–water partition coefficient (Wildman–Crippen LogP) is 1.85. The third kappa shape index (κ3) is 5.39. The Hall–Kier alpha value is -2.99. The van der Waals surface area contributed by atoms with Gasteiger partial charge in [-0.15, -0.1) is 11.8 Å². The molecule has 0 aromatic carbocycles. The number of anilines is 1. The van der Waals surface area contributed by atoms with Crippen LogP contribution in [0.25, 0.3) is 11.0 Å². The fourth-order valence-electron chi connectivity index (χ4n) is 4.66. The van der Waals surface area contributed by atoms with E-state index < -0.39 is 6.10 Å². The number of piperidine rings is 1. The quantitative estimate of drug-likeness (QED) is 0.414. The molecule has 3 aromatic rings. The number of nitrogens with one attached hydrogen (secondary N) is 2. The number of carbonyl (C=O) groups excluding carboxylic acids is 1. The Labute approximate surface area is 213 Å². The average Bonchev–Trinajstić information content (AvgIpc) is 2.90. The molecule has 11 heteroatoms. The number of thioether (sulfide) groups is 1. The van der Waals surface area contributed by atoms with Gasteiger partial charge in [-0.3, -0.25) is 9.78 Å². The van der Waals surface area contributed by atoms with Crippen molar-refractivity contribution in [2.75, 3.05) is 44.9 Å². The summed E-state index contributed by atoms with van der Waals surface area (Å²) in [6.07, 6.45) is 2.77. The highest BCUT2D eigenvalue weighted by molar-refractivity contribution is 8.00. The monoisotopic (exact) mass is 510 g/mol. The van der Waals surface area contributed by atoms with E-state index in [9.17, 15) is 9.90 Å². The van der Waals surface area contributed by atoms with Crippen molar-refractivity contribution in [3.05, 3.63) is 41.7 Å². The van der Waals surface area contributed by atoms with Crippen molar-refractivity contribution in [1.29, 1.82) is 0 Å². The highest BCUT2D eigenvalue weighted by Gasteiger charge is 2.28. The molecule has 190 valence electrons. The number of aromatic nitrogens is 3. The molecule has 0 spiro atoms. The Balaban J connectivity index is 1.18. The fourth-order valence-corrected chi connectivity index (χ4v) is 5.42. The van der Waals surface area contributed by atoms with Gasteiger partial charge in [0.2, 0.25) is 11.8 Å². The van der Waals surface area contributed by atoms with Crippen molar-refractivity contribution < 1.29 is 19.4 Å². The number of methoxy groups -OCH3 is 2. The first-order valence-corrected chi connectivity index (χ1v) is 13.0. The van der Waals surface area contributed by atoms with Gasteiger partial charge in [0.1, 0.15) is 11.6 Å². The molecule has 2 aliphatic heterocycles. The van der Waals surface area contributed by atoms with Crippen molar-refractivity contribution in [3.8, 4) is 11.6 Å². The number of likely N-dealkylation sites (tertiary alicyclic amines) is 1. The molecule has 0 unspecified atom stereocenters. The number of ether oxygens (including phenoxy) is 2. The molecule has 0 aliphatic carbocycles. The SMILES string of the molecule is COc1ccc2ncc(OC)c(CCN3CC[C@@H](NCc4ccc5c(n4)NC(=O)CS5)[C@H](O)C3)c2n1. The molecule has 1 saturated heterocycles. The van der Waals surface area contributed by atoms with E-state index in [0.29, 0.717) is 36.3 Å². The lowest BCUT2D eigenvalue weighted by Crippen LogP contribution is -2.52. The fraction of sp³-hybridized carbons (Fsp3) is 0.440. The second kappa shape index (κ2) is 11.0. The number of aliphatic hydroxyl groups excluding tert-OH is 1. The number of pyridine rings is 3. The average molecular weight is 511 g/mol. The third-order valence-electron chi connectivity index (χ3n) is 6.60. The number of carbonyl (C=O) groups is 1. The smallest absolute Gasteiger partial charge is 0.235 e. The van der Waals surface area contributed by atoms with Gasteiger partial charge in [0, 0.05) is 37.3 Å². The van der Waals surface area contributed by atoms with Gasteiger partial charge in [-0.25, -0.2) is 9.97 Å². The Kier molecular flexibility index (Phi) is 7.51. The minimum Gasteiger partial charge on any atom is -0.495 e. The Morgan fingerprint density at radius 3 is 2.92 bits per heavy atom. The third-order valence-corrected chi connectivity index (χ3v) is 7.65. The summed E-state index contributed by atoms with van der Waals surface area (Å²) in [7, 11) is 3.23. The van der Waals surface area contributed by atoms with Gasteiger partial charge < -0.3 is 30.1 Å². The molecular weight excluding hydrogens is 480 g/mol. The van der Waals surface area contributed by atoms with Gasteiger partial charge in [-0.2, -0.15) is 0 Å². The van der Waals surface area contributed by atoms with Gasteiger partial charge in [0.15, 0.2) is 0 Å². The molecule has 1 fully saturated rings. The van der Waals surface area contributed by atoms with Crippen LogP contribution in [-0.2, 0) is 17.8 Å². The first-order valence-electron chi connectivity index (χ1n) is 12.0. The minimum atomic E-state index is -0.499. The van der Waals surface area contributed by atoms with E-state index in [4.69, 9.17) is 9.47 Å². The highest BCUT2D eigenvalue weighted by atomic mass is 32.2. The number of rotatable bonds is 8. The lowest BCUT2D eigenvalue weighted by Gasteiger charge is -2.36. The Bertz CT molecular complexity index is 1250. The second-order valence-corrected chi connectivity index (χ2v) is 9.92. The summed E-state index contributed by atoms with van der Waals surface area (Å²) in [5, 5.41) is 17.1. The molecule has 5 heterocycles. The van der Waals surface area contributed by atoms with Gasteiger partial charge in [0.25, 0.3) is 0 Å². The predicted molar refractivity (Wildman–Crippen MR) is 138 cm³/mol. The Morgan fingerprint density at radius 1 is 1.22 bits per heavy atom. The number of fused-ring (bicyclic) bond motifs is 2. The van der Waals surface area contributed by atoms with E-state index in [0.717, 1.165) is 53.1 Å². The largest absolute Gasteiger partial charge is 0.495 e. The number of aliphatic hydroxyl groups is 1. The van der Waals surface area contributed by atoms with Gasteiger partial charge in [0.05, 0.1) is 53.9 Å². The molecular formula is C25H30N6O4S. The summed E-state index contributed by atoms with van der Waals surface area (Å²) in [4.78, 5) is 28.5. The topological polar surface area (TPSA) is 122 Å². The van der Waals surface area contributed by atoms with E-state index in [-0.39, 0.29) is 11.9 Å². The van der Waals surface area contributed by atoms with E-state index in [1.165, 1.54) is 11.8 Å². The van der Waals surface area contributed by atoms with Crippen LogP contribution in [0.4, 0.5) is 5.82 Å². The molecule has 10 nitrogen and oxygen atoms in total. The molecule has 5 rings (SSSR count). The van der Waals surface area contributed by atoms with Crippen molar-refractivity contribution in [3.63, 3.8) is 0 Å². The van der Waals surface area contributed by atoms with Crippen LogP contribution < -0.4 is 20.1 Å². The summed E-state index contributed by atoms with van der Waals surface area (Å²) in [5.41, 5.74) is 3.40. The summed E-state index contributed by atoms with van der Waals surface area (Å²) in [6.45, 7) is 2.73. The molecule has 0 saturated carbocycles. The molecule has 0 radical (unpaired) electrons. The van der Waals surface area contributed by atoms with Crippen molar-refractivity contribution in [2.24, 2.45) is 0 Å². The van der Waals surface area contributed by atoms with E-state index >= 15 is 0 Å². The Morgan fingerprint density at radius 2 is 2.11 bits per heavy atom. The van der Waals surface area contributed by atoms with Crippen LogP contribution in [0.1, 0.15) is 17.7 Å². The summed E-state index contributed by atoms with van der Waals surface area (Å²) in [5.74, 6) is 2.26. The second-order valence-electron chi connectivity index (χ2n) is 8.91. The lowest BCUT2D eigenvalue weighted by molar-refractivity contribution is -0.113. The number of nitrogens with zero attached hydrogens (tertiary/aromatic N) is 4.